The Morgan fingerprint density at radius 3 is 2.18 bits per heavy atom. The summed E-state index contributed by atoms with van der Waals surface area (Å²) in [5.74, 6) is -0.547. The molecule has 2 unspecified atom stereocenters. The largest absolute Gasteiger partial charge is 0.391 e. The molecule has 1 aliphatic rings. The molecule has 120 valence electrons. The van der Waals surface area contributed by atoms with Crippen molar-refractivity contribution in [3.63, 3.8) is 0 Å². The molecule has 0 aliphatic heterocycles. The van der Waals surface area contributed by atoms with Crippen LogP contribution in [0.2, 0.25) is 0 Å². The zero-order valence-corrected chi connectivity index (χ0v) is 13.6. The Kier molecular flexibility index (Phi) is 4.86. The number of hydrogen-bond donors (Lipinski definition) is 3. The van der Waals surface area contributed by atoms with Gasteiger partial charge in [-0.2, -0.15) is 0 Å². The summed E-state index contributed by atoms with van der Waals surface area (Å²) in [4.78, 5) is 24.3. The van der Waals surface area contributed by atoms with Crippen LogP contribution in [0, 0.1) is 26.7 Å². The molecular formula is C17H24N2O3. The smallest absolute Gasteiger partial charge is 0.249 e. The molecule has 1 fully saturated rings. The molecule has 0 bridgehead atoms. The monoisotopic (exact) mass is 304 g/mol. The van der Waals surface area contributed by atoms with Crippen molar-refractivity contribution >= 4 is 17.5 Å². The molecule has 2 atom stereocenters. The van der Waals surface area contributed by atoms with E-state index in [0.717, 1.165) is 35.2 Å². The van der Waals surface area contributed by atoms with E-state index in [1.807, 2.05) is 32.9 Å². The van der Waals surface area contributed by atoms with Gasteiger partial charge in [0.05, 0.1) is 6.10 Å². The van der Waals surface area contributed by atoms with Crippen LogP contribution in [-0.2, 0) is 9.59 Å². The standard InChI is InChI=1S/C17H24N2O3/c1-9-7-10(2)14(11(3)8-9)18-17(22)15(12(4)20)19-16(21)13-5-6-13/h7-8,12-13,15,20H,5-6H2,1-4H3,(H,18,22)(H,19,21). The third kappa shape index (κ3) is 3.85. The molecule has 2 rings (SSSR count). The summed E-state index contributed by atoms with van der Waals surface area (Å²) in [6.45, 7) is 7.36. The van der Waals surface area contributed by atoms with Gasteiger partial charge in [-0.25, -0.2) is 0 Å². The first kappa shape index (κ1) is 16.5. The highest BCUT2D eigenvalue weighted by Gasteiger charge is 2.34. The molecule has 3 N–H and O–H groups in total. The highest BCUT2D eigenvalue weighted by atomic mass is 16.3. The van der Waals surface area contributed by atoms with E-state index in [9.17, 15) is 14.7 Å². The summed E-state index contributed by atoms with van der Waals surface area (Å²) in [5.41, 5.74) is 3.79. The lowest BCUT2D eigenvalue weighted by atomic mass is 10.0. The van der Waals surface area contributed by atoms with Crippen LogP contribution in [0.25, 0.3) is 0 Å². The van der Waals surface area contributed by atoms with Gasteiger partial charge in [0.1, 0.15) is 6.04 Å². The number of carbonyl (C=O) groups excluding carboxylic acids is 2. The second-order valence-electron chi connectivity index (χ2n) is 6.26. The van der Waals surface area contributed by atoms with Gasteiger partial charge in [-0.05, 0) is 51.7 Å². The molecule has 0 saturated heterocycles. The minimum atomic E-state index is -0.950. The van der Waals surface area contributed by atoms with Gasteiger partial charge in [-0.15, -0.1) is 0 Å². The highest BCUT2D eigenvalue weighted by Crippen LogP contribution is 2.29. The van der Waals surface area contributed by atoms with Crippen molar-refractivity contribution in [3.05, 3.63) is 28.8 Å². The lowest BCUT2D eigenvalue weighted by molar-refractivity contribution is -0.129. The molecule has 1 saturated carbocycles. The van der Waals surface area contributed by atoms with Crippen molar-refractivity contribution < 1.29 is 14.7 Å². The van der Waals surface area contributed by atoms with Crippen molar-refractivity contribution in [1.82, 2.24) is 5.32 Å². The zero-order valence-electron chi connectivity index (χ0n) is 13.6. The lowest BCUT2D eigenvalue weighted by Gasteiger charge is -2.22. The Bertz CT molecular complexity index is 569. The van der Waals surface area contributed by atoms with Crippen LogP contribution < -0.4 is 10.6 Å². The number of rotatable bonds is 5. The second kappa shape index (κ2) is 6.48. The molecule has 1 aromatic rings. The Morgan fingerprint density at radius 1 is 1.18 bits per heavy atom. The number of carbonyl (C=O) groups is 2. The van der Waals surface area contributed by atoms with E-state index in [4.69, 9.17) is 0 Å². The van der Waals surface area contributed by atoms with Gasteiger partial charge in [0.15, 0.2) is 0 Å². The fourth-order valence-electron chi connectivity index (χ4n) is 2.60. The van der Waals surface area contributed by atoms with E-state index >= 15 is 0 Å². The number of anilines is 1. The number of nitrogens with one attached hydrogen (secondary N) is 2. The van der Waals surface area contributed by atoms with E-state index in [2.05, 4.69) is 10.6 Å². The summed E-state index contributed by atoms with van der Waals surface area (Å²) < 4.78 is 0. The minimum Gasteiger partial charge on any atom is -0.391 e. The predicted octanol–water partition coefficient (Wildman–Crippen LogP) is 1.83. The third-order valence-corrected chi connectivity index (χ3v) is 3.94. The van der Waals surface area contributed by atoms with Gasteiger partial charge in [0.25, 0.3) is 0 Å². The quantitative estimate of drug-likeness (QED) is 0.776. The number of hydrogen-bond acceptors (Lipinski definition) is 3. The maximum absolute atomic E-state index is 12.4. The molecule has 5 heteroatoms. The lowest BCUT2D eigenvalue weighted by Crippen LogP contribution is -2.50. The Labute approximate surface area is 131 Å². The van der Waals surface area contributed by atoms with Crippen LogP contribution >= 0.6 is 0 Å². The van der Waals surface area contributed by atoms with Crippen LogP contribution in [0.3, 0.4) is 0 Å². The van der Waals surface area contributed by atoms with E-state index in [1.165, 1.54) is 6.92 Å². The van der Waals surface area contributed by atoms with Crippen molar-refractivity contribution in [3.8, 4) is 0 Å². The van der Waals surface area contributed by atoms with Crippen LogP contribution in [0.5, 0.6) is 0 Å². The molecule has 5 nitrogen and oxygen atoms in total. The average molecular weight is 304 g/mol. The molecule has 0 radical (unpaired) electrons. The normalized spacial score (nSPS) is 16.8. The van der Waals surface area contributed by atoms with Crippen molar-refractivity contribution in [2.45, 2.75) is 52.7 Å². The van der Waals surface area contributed by atoms with Gasteiger partial charge >= 0.3 is 0 Å². The molecular weight excluding hydrogens is 280 g/mol. The first-order valence-electron chi connectivity index (χ1n) is 7.66. The number of aryl methyl sites for hydroxylation is 3. The van der Waals surface area contributed by atoms with Crippen LogP contribution in [0.15, 0.2) is 12.1 Å². The maximum atomic E-state index is 12.4. The predicted molar refractivity (Wildman–Crippen MR) is 85.6 cm³/mol. The highest BCUT2D eigenvalue weighted by molar-refractivity contribution is 5.99. The molecule has 22 heavy (non-hydrogen) atoms. The van der Waals surface area contributed by atoms with Gasteiger partial charge in [-0.1, -0.05) is 17.7 Å². The van der Waals surface area contributed by atoms with E-state index in [0.29, 0.717) is 0 Å². The fraction of sp³-hybridized carbons (Fsp3) is 0.529. The Morgan fingerprint density at radius 2 is 1.73 bits per heavy atom. The summed E-state index contributed by atoms with van der Waals surface area (Å²) in [6, 6.07) is 3.04. The van der Waals surface area contributed by atoms with Crippen LogP contribution in [0.4, 0.5) is 5.69 Å². The number of benzene rings is 1. The van der Waals surface area contributed by atoms with Crippen molar-refractivity contribution in [1.29, 1.82) is 0 Å². The molecule has 1 aromatic carbocycles. The third-order valence-electron chi connectivity index (χ3n) is 3.94. The molecule has 0 aromatic heterocycles. The maximum Gasteiger partial charge on any atom is 0.249 e. The second-order valence-corrected chi connectivity index (χ2v) is 6.26. The van der Waals surface area contributed by atoms with Gasteiger partial charge < -0.3 is 15.7 Å². The summed E-state index contributed by atoms with van der Waals surface area (Å²) in [6.07, 6.45) is 0.764. The molecule has 1 aliphatic carbocycles. The first-order chi connectivity index (χ1) is 10.3. The minimum absolute atomic E-state index is 0.00287. The first-order valence-corrected chi connectivity index (χ1v) is 7.66. The summed E-state index contributed by atoms with van der Waals surface area (Å²) >= 11 is 0. The van der Waals surface area contributed by atoms with E-state index < -0.39 is 12.1 Å². The van der Waals surface area contributed by atoms with Crippen LogP contribution in [-0.4, -0.2) is 29.1 Å². The molecule has 0 heterocycles. The van der Waals surface area contributed by atoms with Crippen LogP contribution in [0.1, 0.15) is 36.5 Å². The van der Waals surface area contributed by atoms with Crippen molar-refractivity contribution in [2.24, 2.45) is 5.92 Å². The van der Waals surface area contributed by atoms with Gasteiger partial charge in [0, 0.05) is 11.6 Å². The van der Waals surface area contributed by atoms with Gasteiger partial charge in [0.2, 0.25) is 11.8 Å². The molecule has 0 spiro atoms. The summed E-state index contributed by atoms with van der Waals surface area (Å²) in [7, 11) is 0. The van der Waals surface area contributed by atoms with E-state index in [-0.39, 0.29) is 17.7 Å². The fourth-order valence-corrected chi connectivity index (χ4v) is 2.60. The number of amides is 2. The topological polar surface area (TPSA) is 78.4 Å². The number of aliphatic hydroxyl groups excluding tert-OH is 1. The average Bonchev–Trinajstić information content (AvgIpc) is 3.23. The van der Waals surface area contributed by atoms with Gasteiger partial charge in [-0.3, -0.25) is 9.59 Å². The Balaban J connectivity index is 2.12. The zero-order chi connectivity index (χ0) is 16.4. The van der Waals surface area contributed by atoms with E-state index in [1.54, 1.807) is 0 Å². The SMILES string of the molecule is Cc1cc(C)c(NC(=O)C(NC(=O)C2CC2)C(C)O)c(C)c1. The number of aliphatic hydroxyl groups is 1. The summed E-state index contributed by atoms with van der Waals surface area (Å²) in [5, 5.41) is 15.3. The van der Waals surface area contributed by atoms with Crippen molar-refractivity contribution in [2.75, 3.05) is 5.32 Å². The molecule has 2 amide bonds. The Hall–Kier alpha value is -1.88.